The highest BCUT2D eigenvalue weighted by Gasteiger charge is 2.09. The van der Waals surface area contributed by atoms with Crippen LogP contribution in [0.15, 0.2) is 24.3 Å². The minimum absolute atomic E-state index is 0.00984. The van der Waals surface area contributed by atoms with Crippen LogP contribution in [0.4, 0.5) is 0 Å². The molecule has 5 heteroatoms. The average molecular weight is 244 g/mol. The van der Waals surface area contributed by atoms with E-state index in [1.165, 1.54) is 0 Å². The number of benzene rings is 1. The zero-order valence-electron chi connectivity index (χ0n) is 7.90. The lowest BCUT2D eigenvalue weighted by Gasteiger charge is -2.03. The Kier molecular flexibility index (Phi) is 4.15. The van der Waals surface area contributed by atoms with E-state index in [2.05, 4.69) is 10.6 Å². The van der Waals surface area contributed by atoms with Crippen molar-refractivity contribution >= 4 is 21.6 Å². The van der Waals surface area contributed by atoms with E-state index >= 15 is 0 Å². The van der Waals surface area contributed by atoms with Crippen molar-refractivity contribution in [3.05, 3.63) is 34.9 Å². The maximum absolute atomic E-state index is 11.4. The lowest BCUT2D eigenvalue weighted by atomic mass is 10.2. The minimum atomic E-state index is -3.35. The van der Waals surface area contributed by atoms with E-state index < -0.39 is 10.0 Å². The van der Waals surface area contributed by atoms with Gasteiger partial charge in [-0.25, -0.2) is 13.1 Å². The molecule has 1 aromatic carbocycles. The molecule has 0 atom stereocenters. The smallest absolute Gasteiger partial charge is 0.212 e. The van der Waals surface area contributed by atoms with Crippen molar-refractivity contribution in [3.8, 4) is 12.3 Å². The Hall–Kier alpha value is -1.02. The van der Waals surface area contributed by atoms with Gasteiger partial charge in [0.15, 0.2) is 0 Å². The van der Waals surface area contributed by atoms with Gasteiger partial charge in [0.2, 0.25) is 10.0 Å². The number of terminal acetylenes is 1. The van der Waals surface area contributed by atoms with Crippen molar-refractivity contribution in [2.75, 3.05) is 6.54 Å². The normalized spacial score (nSPS) is 10.9. The van der Waals surface area contributed by atoms with Crippen LogP contribution >= 0.6 is 11.6 Å². The molecule has 15 heavy (non-hydrogen) atoms. The first-order valence-electron chi connectivity index (χ1n) is 4.19. The summed E-state index contributed by atoms with van der Waals surface area (Å²) >= 11 is 5.67. The van der Waals surface area contributed by atoms with Gasteiger partial charge in [-0.2, -0.15) is 0 Å². The molecule has 0 aliphatic rings. The van der Waals surface area contributed by atoms with Crippen LogP contribution < -0.4 is 4.72 Å². The molecule has 1 aromatic rings. The molecule has 0 unspecified atom stereocenters. The molecule has 0 saturated carbocycles. The molecular weight excluding hydrogens is 234 g/mol. The summed E-state index contributed by atoms with van der Waals surface area (Å²) in [7, 11) is -3.35. The standard InChI is InChI=1S/C10H10ClNO2S/c1-2-7-12-15(13,14)8-9-3-5-10(11)6-4-9/h1,3-6,12H,7-8H2. The predicted molar refractivity (Wildman–Crippen MR) is 60.9 cm³/mol. The van der Waals surface area contributed by atoms with Crippen LogP contribution in [0.2, 0.25) is 5.02 Å². The summed E-state index contributed by atoms with van der Waals surface area (Å²) in [6.45, 7) is 0.00984. The highest BCUT2D eigenvalue weighted by Crippen LogP contribution is 2.11. The van der Waals surface area contributed by atoms with Crippen LogP contribution in [0.25, 0.3) is 0 Å². The third-order valence-electron chi connectivity index (χ3n) is 1.66. The van der Waals surface area contributed by atoms with Gasteiger partial charge in [-0.3, -0.25) is 0 Å². The second-order valence-corrected chi connectivity index (χ2v) is 5.15. The van der Waals surface area contributed by atoms with E-state index in [0.717, 1.165) is 0 Å². The van der Waals surface area contributed by atoms with Gasteiger partial charge in [0, 0.05) is 5.02 Å². The van der Waals surface area contributed by atoms with Gasteiger partial charge in [0.05, 0.1) is 12.3 Å². The van der Waals surface area contributed by atoms with Gasteiger partial charge in [0.25, 0.3) is 0 Å². The molecule has 1 rings (SSSR count). The zero-order valence-corrected chi connectivity index (χ0v) is 9.48. The van der Waals surface area contributed by atoms with Crippen LogP contribution in [0.5, 0.6) is 0 Å². The molecular formula is C10H10ClNO2S. The highest BCUT2D eigenvalue weighted by atomic mass is 35.5. The fourth-order valence-corrected chi connectivity index (χ4v) is 2.17. The monoisotopic (exact) mass is 243 g/mol. The molecule has 0 aliphatic carbocycles. The van der Waals surface area contributed by atoms with Crippen molar-refractivity contribution in [1.82, 2.24) is 4.72 Å². The van der Waals surface area contributed by atoms with Crippen LogP contribution in [0.3, 0.4) is 0 Å². The number of hydrogen-bond acceptors (Lipinski definition) is 2. The Morgan fingerprint density at radius 3 is 2.47 bits per heavy atom. The third-order valence-corrected chi connectivity index (χ3v) is 3.21. The number of rotatable bonds is 4. The van der Waals surface area contributed by atoms with Crippen LogP contribution in [-0.4, -0.2) is 15.0 Å². The molecule has 0 heterocycles. The fraction of sp³-hybridized carbons (Fsp3) is 0.200. The lowest BCUT2D eigenvalue weighted by molar-refractivity contribution is 0.585. The molecule has 0 aromatic heterocycles. The predicted octanol–water partition coefficient (Wildman–Crippen LogP) is 1.39. The van der Waals surface area contributed by atoms with Gasteiger partial charge in [-0.1, -0.05) is 29.7 Å². The van der Waals surface area contributed by atoms with E-state index in [4.69, 9.17) is 18.0 Å². The highest BCUT2D eigenvalue weighted by molar-refractivity contribution is 7.88. The Morgan fingerprint density at radius 1 is 1.33 bits per heavy atom. The molecule has 3 nitrogen and oxygen atoms in total. The van der Waals surface area contributed by atoms with Gasteiger partial charge < -0.3 is 0 Å². The molecule has 0 saturated heterocycles. The zero-order chi connectivity index (χ0) is 11.3. The second kappa shape index (κ2) is 5.17. The van der Waals surface area contributed by atoms with Crippen molar-refractivity contribution in [1.29, 1.82) is 0 Å². The summed E-state index contributed by atoms with van der Waals surface area (Å²) < 4.78 is 25.1. The first-order chi connectivity index (χ1) is 7.03. The van der Waals surface area contributed by atoms with E-state index in [1.807, 2.05) is 0 Å². The van der Waals surface area contributed by atoms with Gasteiger partial charge >= 0.3 is 0 Å². The SMILES string of the molecule is C#CCNS(=O)(=O)Cc1ccc(Cl)cc1. The van der Waals surface area contributed by atoms with Gasteiger partial charge in [-0.05, 0) is 17.7 Å². The Labute approximate surface area is 94.5 Å². The second-order valence-electron chi connectivity index (χ2n) is 2.91. The summed E-state index contributed by atoms with van der Waals surface area (Å²) in [5.74, 6) is 2.12. The molecule has 0 fully saturated rings. The topological polar surface area (TPSA) is 46.2 Å². The largest absolute Gasteiger partial charge is 0.216 e. The molecule has 0 radical (unpaired) electrons. The maximum atomic E-state index is 11.4. The molecule has 80 valence electrons. The van der Waals surface area contributed by atoms with E-state index in [1.54, 1.807) is 24.3 Å². The van der Waals surface area contributed by atoms with Crippen molar-refractivity contribution < 1.29 is 8.42 Å². The summed E-state index contributed by atoms with van der Waals surface area (Å²) in [4.78, 5) is 0. The van der Waals surface area contributed by atoms with Crippen LogP contribution in [-0.2, 0) is 15.8 Å². The van der Waals surface area contributed by atoms with Crippen LogP contribution in [0, 0.1) is 12.3 Å². The minimum Gasteiger partial charge on any atom is -0.212 e. The lowest BCUT2D eigenvalue weighted by Crippen LogP contribution is -2.25. The first-order valence-corrected chi connectivity index (χ1v) is 6.22. The quantitative estimate of drug-likeness (QED) is 0.813. The van der Waals surface area contributed by atoms with E-state index in [-0.39, 0.29) is 12.3 Å². The summed E-state index contributed by atoms with van der Waals surface area (Å²) in [5, 5.41) is 0.577. The summed E-state index contributed by atoms with van der Waals surface area (Å²) in [6.07, 6.45) is 4.95. The molecule has 0 spiro atoms. The molecule has 0 amide bonds. The average Bonchev–Trinajstić information content (AvgIpc) is 2.18. The van der Waals surface area contributed by atoms with Crippen molar-refractivity contribution in [2.24, 2.45) is 0 Å². The fourth-order valence-electron chi connectivity index (χ4n) is 1.00. The molecule has 0 aliphatic heterocycles. The number of sulfonamides is 1. The van der Waals surface area contributed by atoms with Crippen LogP contribution in [0.1, 0.15) is 5.56 Å². The van der Waals surface area contributed by atoms with E-state index in [9.17, 15) is 8.42 Å². The summed E-state index contributed by atoms with van der Waals surface area (Å²) in [6, 6.07) is 6.62. The Morgan fingerprint density at radius 2 is 1.93 bits per heavy atom. The first kappa shape index (κ1) is 12.1. The van der Waals surface area contributed by atoms with Gasteiger partial charge in [-0.15, -0.1) is 6.42 Å². The number of hydrogen-bond donors (Lipinski definition) is 1. The molecule has 0 bridgehead atoms. The number of nitrogens with one attached hydrogen (secondary N) is 1. The van der Waals surface area contributed by atoms with Gasteiger partial charge in [0.1, 0.15) is 0 Å². The van der Waals surface area contributed by atoms with E-state index in [0.29, 0.717) is 10.6 Å². The molecule has 1 N–H and O–H groups in total. The van der Waals surface area contributed by atoms with Crippen molar-refractivity contribution in [3.63, 3.8) is 0 Å². The Balaban J connectivity index is 2.70. The third kappa shape index (κ3) is 4.34. The Bertz CT molecular complexity index is 459. The number of halogens is 1. The maximum Gasteiger partial charge on any atom is 0.216 e. The van der Waals surface area contributed by atoms with Crippen molar-refractivity contribution in [2.45, 2.75) is 5.75 Å². The summed E-state index contributed by atoms with van der Waals surface area (Å²) in [5.41, 5.74) is 0.670.